The quantitative estimate of drug-likeness (QED) is 0.658. The molecule has 2 fully saturated rings. The number of hydrogen-bond donors (Lipinski definition) is 2. The van der Waals surface area contributed by atoms with Crippen LogP contribution in [0.1, 0.15) is 12.8 Å². The van der Waals surface area contributed by atoms with Crippen LogP contribution in [0.2, 0.25) is 0 Å². The molecular weight excluding hydrogens is 378 g/mol. The van der Waals surface area contributed by atoms with Gasteiger partial charge < -0.3 is 19.8 Å². The molecular formula is C24H29N3O3. The van der Waals surface area contributed by atoms with E-state index in [1.165, 1.54) is 0 Å². The van der Waals surface area contributed by atoms with Gasteiger partial charge in [0.25, 0.3) is 0 Å². The zero-order valence-electron chi connectivity index (χ0n) is 17.3. The second-order valence-corrected chi connectivity index (χ2v) is 8.90. The van der Waals surface area contributed by atoms with Crippen LogP contribution in [0.25, 0.3) is 22.0 Å². The molecule has 158 valence electrons. The van der Waals surface area contributed by atoms with E-state index in [4.69, 9.17) is 4.74 Å². The molecule has 1 saturated carbocycles. The van der Waals surface area contributed by atoms with Crippen molar-refractivity contribution in [3.63, 3.8) is 0 Å². The summed E-state index contributed by atoms with van der Waals surface area (Å²) in [6.07, 6.45) is 3.07. The summed E-state index contributed by atoms with van der Waals surface area (Å²) in [4.78, 5) is 2.31. The first kappa shape index (κ1) is 19.5. The maximum atomic E-state index is 10.6. The molecule has 0 bridgehead atoms. The largest absolute Gasteiger partial charge is 0.491 e. The van der Waals surface area contributed by atoms with Crippen LogP contribution in [0.3, 0.4) is 0 Å². The summed E-state index contributed by atoms with van der Waals surface area (Å²) in [5, 5.41) is 27.1. The molecule has 2 aromatic carbocycles. The van der Waals surface area contributed by atoms with Crippen molar-refractivity contribution in [3.05, 3.63) is 48.7 Å². The van der Waals surface area contributed by atoms with Crippen LogP contribution < -0.4 is 4.74 Å². The molecule has 2 heterocycles. The zero-order valence-corrected chi connectivity index (χ0v) is 17.3. The van der Waals surface area contributed by atoms with Crippen molar-refractivity contribution < 1.29 is 14.9 Å². The van der Waals surface area contributed by atoms with Gasteiger partial charge in [0.1, 0.15) is 18.5 Å². The van der Waals surface area contributed by atoms with E-state index in [1.54, 1.807) is 4.68 Å². The highest BCUT2D eigenvalue weighted by atomic mass is 16.5. The highest BCUT2D eigenvalue weighted by molar-refractivity contribution is 5.97. The van der Waals surface area contributed by atoms with Gasteiger partial charge in [-0.1, -0.05) is 24.3 Å². The Morgan fingerprint density at radius 2 is 1.90 bits per heavy atom. The fourth-order valence-corrected chi connectivity index (χ4v) is 5.19. The first-order valence-corrected chi connectivity index (χ1v) is 10.8. The van der Waals surface area contributed by atoms with Crippen molar-refractivity contribution in [2.75, 3.05) is 26.2 Å². The van der Waals surface area contributed by atoms with Crippen LogP contribution in [0.5, 0.6) is 5.75 Å². The van der Waals surface area contributed by atoms with Crippen LogP contribution in [-0.2, 0) is 7.05 Å². The predicted octanol–water partition coefficient (Wildman–Crippen LogP) is 2.68. The number of nitrogens with zero attached hydrogens (tertiary/aromatic N) is 3. The number of aliphatic hydroxyl groups is 2. The molecule has 1 aromatic heterocycles. The van der Waals surface area contributed by atoms with Gasteiger partial charge >= 0.3 is 0 Å². The second-order valence-electron chi connectivity index (χ2n) is 8.90. The molecule has 0 radical (unpaired) electrons. The number of likely N-dealkylation sites (tertiary alicyclic amines) is 1. The van der Waals surface area contributed by atoms with Gasteiger partial charge in [0, 0.05) is 38.4 Å². The number of hydrogen-bond acceptors (Lipinski definition) is 5. The minimum Gasteiger partial charge on any atom is -0.491 e. The molecule has 2 aliphatic rings. The van der Waals surface area contributed by atoms with Crippen LogP contribution in [0.15, 0.2) is 48.7 Å². The van der Waals surface area contributed by atoms with Crippen LogP contribution in [0, 0.1) is 11.8 Å². The van der Waals surface area contributed by atoms with Crippen molar-refractivity contribution in [2.24, 2.45) is 18.9 Å². The van der Waals surface area contributed by atoms with E-state index in [0.717, 1.165) is 53.7 Å². The van der Waals surface area contributed by atoms with Gasteiger partial charge in [-0.3, -0.25) is 4.68 Å². The topological polar surface area (TPSA) is 70.8 Å². The molecule has 2 N–H and O–H groups in total. The smallest absolute Gasteiger partial charge is 0.120 e. The standard InChI is InChI=1S/C24H29N3O3/c1-26-7-6-24(25-26)23-11-21(10-16-4-2-3-5-22(16)23)30-15-20(29)14-27-12-17-8-19(28)9-18(17)13-27/h2-7,10-11,17-20,28-29H,8-9,12-15H2,1H3/t17-,18+,19?,20?. The van der Waals surface area contributed by atoms with Crippen molar-refractivity contribution in [1.29, 1.82) is 0 Å². The molecule has 4 atom stereocenters. The van der Waals surface area contributed by atoms with E-state index in [-0.39, 0.29) is 12.7 Å². The molecule has 1 aliphatic heterocycles. The Labute approximate surface area is 176 Å². The van der Waals surface area contributed by atoms with Gasteiger partial charge in [0.15, 0.2) is 0 Å². The minimum absolute atomic E-state index is 0.128. The predicted molar refractivity (Wildman–Crippen MR) is 116 cm³/mol. The van der Waals surface area contributed by atoms with E-state index in [0.29, 0.717) is 18.4 Å². The van der Waals surface area contributed by atoms with Crippen LogP contribution in [-0.4, -0.2) is 63.3 Å². The van der Waals surface area contributed by atoms with Gasteiger partial charge in [-0.2, -0.15) is 5.10 Å². The first-order chi connectivity index (χ1) is 14.5. The minimum atomic E-state index is -0.543. The van der Waals surface area contributed by atoms with Crippen molar-refractivity contribution in [1.82, 2.24) is 14.7 Å². The van der Waals surface area contributed by atoms with E-state index in [1.807, 2.05) is 43.6 Å². The highest BCUT2D eigenvalue weighted by Gasteiger charge is 2.40. The number of fused-ring (bicyclic) bond motifs is 2. The lowest BCUT2D eigenvalue weighted by molar-refractivity contribution is 0.0708. The van der Waals surface area contributed by atoms with Gasteiger partial charge in [0.05, 0.1) is 11.8 Å². The lowest BCUT2D eigenvalue weighted by Crippen LogP contribution is -2.35. The number of rotatable bonds is 6. The molecule has 0 spiro atoms. The normalized spacial score (nSPS) is 25.0. The van der Waals surface area contributed by atoms with Crippen molar-refractivity contribution >= 4 is 10.8 Å². The highest BCUT2D eigenvalue weighted by Crippen LogP contribution is 2.38. The molecule has 2 unspecified atom stereocenters. The molecule has 3 aromatic rings. The lowest BCUT2D eigenvalue weighted by atomic mass is 10.0. The molecule has 1 aliphatic carbocycles. The number of aliphatic hydroxyl groups excluding tert-OH is 2. The summed E-state index contributed by atoms with van der Waals surface area (Å²) in [6, 6.07) is 14.3. The van der Waals surface area contributed by atoms with Gasteiger partial charge in [0.2, 0.25) is 0 Å². The monoisotopic (exact) mass is 407 g/mol. The number of aryl methyl sites for hydroxylation is 1. The molecule has 6 nitrogen and oxygen atoms in total. The zero-order chi connectivity index (χ0) is 20.7. The van der Waals surface area contributed by atoms with Crippen LogP contribution >= 0.6 is 0 Å². The second kappa shape index (κ2) is 8.02. The molecule has 5 rings (SSSR count). The van der Waals surface area contributed by atoms with Crippen LogP contribution in [0.4, 0.5) is 0 Å². The molecule has 0 amide bonds. The lowest BCUT2D eigenvalue weighted by Gasteiger charge is -2.21. The maximum Gasteiger partial charge on any atom is 0.120 e. The number of aromatic nitrogens is 2. The van der Waals surface area contributed by atoms with E-state index in [9.17, 15) is 10.2 Å². The third kappa shape index (κ3) is 3.95. The third-order valence-electron chi connectivity index (χ3n) is 6.54. The SMILES string of the molecule is Cn1ccc(-c2cc(OCC(O)CN3C[C@H]4CC(O)C[C@H]4C3)cc3ccccc23)n1. The van der Waals surface area contributed by atoms with Gasteiger partial charge in [-0.25, -0.2) is 0 Å². The molecule has 1 saturated heterocycles. The Morgan fingerprint density at radius 3 is 2.63 bits per heavy atom. The summed E-state index contributed by atoms with van der Waals surface area (Å²) >= 11 is 0. The Morgan fingerprint density at radius 1 is 1.13 bits per heavy atom. The summed E-state index contributed by atoms with van der Waals surface area (Å²) in [7, 11) is 1.91. The van der Waals surface area contributed by atoms with E-state index in [2.05, 4.69) is 22.1 Å². The fraction of sp³-hybridized carbons (Fsp3) is 0.458. The van der Waals surface area contributed by atoms with Gasteiger partial charge in [-0.15, -0.1) is 0 Å². The first-order valence-electron chi connectivity index (χ1n) is 10.8. The molecule has 30 heavy (non-hydrogen) atoms. The summed E-state index contributed by atoms with van der Waals surface area (Å²) in [6.45, 7) is 2.81. The van der Waals surface area contributed by atoms with Crippen molar-refractivity contribution in [3.8, 4) is 17.0 Å². The number of β-amino-alcohol motifs (C(OH)–C–C–N with tert-alkyl or cyclic N) is 1. The number of benzene rings is 2. The maximum absolute atomic E-state index is 10.6. The number of ether oxygens (including phenoxy) is 1. The third-order valence-corrected chi connectivity index (χ3v) is 6.54. The van der Waals surface area contributed by atoms with Crippen molar-refractivity contribution in [2.45, 2.75) is 25.0 Å². The Balaban J connectivity index is 1.26. The van der Waals surface area contributed by atoms with Gasteiger partial charge in [-0.05, 0) is 53.6 Å². The average molecular weight is 408 g/mol. The Hall–Kier alpha value is -2.41. The summed E-state index contributed by atoms with van der Waals surface area (Å²) in [5.74, 6) is 1.90. The summed E-state index contributed by atoms with van der Waals surface area (Å²) < 4.78 is 7.81. The Bertz CT molecular complexity index is 1020. The van der Waals surface area contributed by atoms with E-state index >= 15 is 0 Å². The Kier molecular flexibility index (Phi) is 5.23. The molecule has 6 heteroatoms. The fourth-order valence-electron chi connectivity index (χ4n) is 5.19. The summed E-state index contributed by atoms with van der Waals surface area (Å²) in [5.41, 5.74) is 1.94. The van der Waals surface area contributed by atoms with E-state index < -0.39 is 6.10 Å². The average Bonchev–Trinajstić information content (AvgIpc) is 3.40.